The molecule has 13 heavy (non-hydrogen) atoms. The molecule has 2 atom stereocenters. The monoisotopic (exact) mass is 202 g/mol. The van der Waals surface area contributed by atoms with Crippen LogP contribution in [0.15, 0.2) is 12.5 Å². The molecule has 1 aliphatic rings. The molecule has 0 bridgehead atoms. The molecule has 0 amide bonds. The van der Waals surface area contributed by atoms with E-state index in [1.807, 2.05) is 11.6 Å². The second kappa shape index (κ2) is 3.38. The minimum atomic E-state index is -0.693. The van der Waals surface area contributed by atoms with Crippen LogP contribution in [0.1, 0.15) is 18.0 Å². The van der Waals surface area contributed by atoms with Gasteiger partial charge in [0.1, 0.15) is 0 Å². The maximum Gasteiger partial charge on any atom is 0.307 e. The lowest BCUT2D eigenvalue weighted by Crippen LogP contribution is -2.01. The first kappa shape index (κ1) is 10.1. The molecule has 0 saturated heterocycles. The number of halogens is 1. The number of carboxylic acids is 1. The van der Waals surface area contributed by atoms with Crippen molar-refractivity contribution < 1.29 is 9.90 Å². The van der Waals surface area contributed by atoms with E-state index in [1.165, 1.54) is 0 Å². The maximum absolute atomic E-state index is 10.5. The minimum absolute atomic E-state index is 0. The number of imidazole rings is 1. The molecule has 2 unspecified atom stereocenters. The fourth-order valence-electron chi connectivity index (χ4n) is 1.52. The zero-order valence-electron chi connectivity index (χ0n) is 7.17. The van der Waals surface area contributed by atoms with E-state index in [9.17, 15) is 4.79 Å². The van der Waals surface area contributed by atoms with Gasteiger partial charge >= 0.3 is 5.97 Å². The summed E-state index contributed by atoms with van der Waals surface area (Å²) in [6.45, 7) is 0. The fourth-order valence-corrected chi connectivity index (χ4v) is 1.52. The van der Waals surface area contributed by atoms with Crippen molar-refractivity contribution in [3.8, 4) is 0 Å². The van der Waals surface area contributed by atoms with Gasteiger partial charge in [0.05, 0.1) is 12.2 Å². The first-order valence-electron chi connectivity index (χ1n) is 3.89. The summed E-state index contributed by atoms with van der Waals surface area (Å²) in [6, 6.07) is 0. The van der Waals surface area contributed by atoms with Crippen molar-refractivity contribution in [1.82, 2.24) is 9.55 Å². The molecular weight excluding hydrogens is 192 g/mol. The van der Waals surface area contributed by atoms with E-state index >= 15 is 0 Å². The number of hydrogen-bond donors (Lipinski definition) is 1. The van der Waals surface area contributed by atoms with Gasteiger partial charge in [-0.25, -0.2) is 4.98 Å². The van der Waals surface area contributed by atoms with Gasteiger partial charge in [-0.15, -0.1) is 12.4 Å². The van der Waals surface area contributed by atoms with Crippen LogP contribution in [-0.4, -0.2) is 20.6 Å². The van der Waals surface area contributed by atoms with Gasteiger partial charge in [0.2, 0.25) is 0 Å². The number of aryl methyl sites for hydroxylation is 1. The van der Waals surface area contributed by atoms with Gasteiger partial charge in [-0.2, -0.15) is 0 Å². The van der Waals surface area contributed by atoms with E-state index in [-0.39, 0.29) is 24.2 Å². The molecule has 1 aromatic heterocycles. The van der Waals surface area contributed by atoms with Crippen molar-refractivity contribution in [1.29, 1.82) is 0 Å². The van der Waals surface area contributed by atoms with Gasteiger partial charge in [-0.1, -0.05) is 0 Å². The lowest BCUT2D eigenvalue weighted by Gasteiger charge is -1.97. The predicted octanol–water partition coefficient (Wildman–Crippen LogP) is 1.03. The van der Waals surface area contributed by atoms with E-state index in [0.717, 1.165) is 12.1 Å². The standard InChI is InChI=1S/C8H10N2O2.ClH/c1-10-4-9-3-7(10)5-2-6(5)8(11)12;/h3-6H,2H2,1H3,(H,11,12);1H. The number of aromatic nitrogens is 2. The van der Waals surface area contributed by atoms with Crippen LogP contribution in [0.25, 0.3) is 0 Å². The van der Waals surface area contributed by atoms with E-state index in [2.05, 4.69) is 4.98 Å². The number of carbonyl (C=O) groups is 1. The van der Waals surface area contributed by atoms with Gasteiger partial charge in [0, 0.05) is 24.9 Å². The minimum Gasteiger partial charge on any atom is -0.481 e. The van der Waals surface area contributed by atoms with Gasteiger partial charge in [0.15, 0.2) is 0 Å². The summed E-state index contributed by atoms with van der Waals surface area (Å²) in [5.74, 6) is -0.684. The topological polar surface area (TPSA) is 55.1 Å². The highest BCUT2D eigenvalue weighted by atomic mass is 35.5. The molecule has 1 aromatic rings. The normalized spacial score (nSPS) is 25.0. The Balaban J connectivity index is 0.000000845. The van der Waals surface area contributed by atoms with Gasteiger partial charge in [-0.3, -0.25) is 4.79 Å². The average molecular weight is 203 g/mol. The molecule has 1 saturated carbocycles. The van der Waals surface area contributed by atoms with Crippen molar-refractivity contribution in [2.24, 2.45) is 13.0 Å². The molecule has 1 fully saturated rings. The van der Waals surface area contributed by atoms with Crippen molar-refractivity contribution in [2.75, 3.05) is 0 Å². The quantitative estimate of drug-likeness (QED) is 0.780. The zero-order valence-corrected chi connectivity index (χ0v) is 7.99. The van der Waals surface area contributed by atoms with Crippen molar-refractivity contribution in [3.05, 3.63) is 18.2 Å². The summed E-state index contributed by atoms with van der Waals surface area (Å²) >= 11 is 0. The third kappa shape index (κ3) is 1.67. The number of rotatable bonds is 2. The molecule has 1 heterocycles. The Morgan fingerprint density at radius 2 is 2.46 bits per heavy atom. The summed E-state index contributed by atoms with van der Waals surface area (Å²) in [6.07, 6.45) is 4.20. The molecule has 0 spiro atoms. The third-order valence-corrected chi connectivity index (χ3v) is 2.34. The van der Waals surface area contributed by atoms with Crippen LogP contribution in [0.2, 0.25) is 0 Å². The van der Waals surface area contributed by atoms with Crippen LogP contribution >= 0.6 is 12.4 Å². The van der Waals surface area contributed by atoms with E-state index < -0.39 is 5.97 Å². The second-order valence-corrected chi connectivity index (χ2v) is 3.22. The Kier molecular flexibility index (Phi) is 2.61. The molecule has 5 heteroatoms. The van der Waals surface area contributed by atoms with Crippen LogP contribution in [0.4, 0.5) is 0 Å². The number of nitrogens with zero attached hydrogens (tertiary/aromatic N) is 2. The highest BCUT2D eigenvalue weighted by Crippen LogP contribution is 2.47. The Labute approximate surface area is 82.0 Å². The molecule has 0 aromatic carbocycles. The predicted molar refractivity (Wildman–Crippen MR) is 48.9 cm³/mol. The first-order chi connectivity index (χ1) is 5.70. The van der Waals surface area contributed by atoms with Gasteiger partial charge in [-0.05, 0) is 6.42 Å². The van der Waals surface area contributed by atoms with E-state index in [1.54, 1.807) is 12.5 Å². The van der Waals surface area contributed by atoms with Crippen LogP contribution in [0, 0.1) is 5.92 Å². The van der Waals surface area contributed by atoms with Gasteiger partial charge in [0.25, 0.3) is 0 Å². The van der Waals surface area contributed by atoms with E-state index in [4.69, 9.17) is 5.11 Å². The molecule has 0 aliphatic heterocycles. The number of carboxylic acid groups (broad SMARTS) is 1. The third-order valence-electron chi connectivity index (χ3n) is 2.34. The molecule has 4 nitrogen and oxygen atoms in total. The van der Waals surface area contributed by atoms with Crippen LogP contribution in [0.5, 0.6) is 0 Å². The molecule has 1 N–H and O–H groups in total. The zero-order chi connectivity index (χ0) is 8.72. The Morgan fingerprint density at radius 1 is 1.77 bits per heavy atom. The Bertz CT molecular complexity index is 324. The van der Waals surface area contributed by atoms with Crippen molar-refractivity contribution in [2.45, 2.75) is 12.3 Å². The largest absolute Gasteiger partial charge is 0.481 e. The number of hydrogen-bond acceptors (Lipinski definition) is 2. The first-order valence-corrected chi connectivity index (χ1v) is 3.89. The highest BCUT2D eigenvalue weighted by Gasteiger charge is 2.45. The van der Waals surface area contributed by atoms with Crippen LogP contribution in [0.3, 0.4) is 0 Å². The van der Waals surface area contributed by atoms with Crippen LogP contribution in [-0.2, 0) is 11.8 Å². The van der Waals surface area contributed by atoms with Crippen molar-refractivity contribution >= 4 is 18.4 Å². The average Bonchev–Trinajstić information content (AvgIpc) is 2.70. The summed E-state index contributed by atoms with van der Waals surface area (Å²) in [5.41, 5.74) is 1.03. The summed E-state index contributed by atoms with van der Waals surface area (Å²) < 4.78 is 1.88. The maximum atomic E-state index is 10.5. The number of aliphatic carboxylic acids is 1. The van der Waals surface area contributed by atoms with E-state index in [0.29, 0.717) is 0 Å². The second-order valence-electron chi connectivity index (χ2n) is 3.22. The molecule has 72 valence electrons. The fraction of sp³-hybridized carbons (Fsp3) is 0.500. The lowest BCUT2D eigenvalue weighted by atomic mass is 10.2. The lowest BCUT2D eigenvalue weighted by molar-refractivity contribution is -0.138. The summed E-state index contributed by atoms with van der Waals surface area (Å²) in [7, 11) is 1.89. The highest BCUT2D eigenvalue weighted by molar-refractivity contribution is 5.85. The summed E-state index contributed by atoms with van der Waals surface area (Å²) in [5, 5.41) is 8.68. The Morgan fingerprint density at radius 3 is 2.85 bits per heavy atom. The Hall–Kier alpha value is -1.03. The smallest absolute Gasteiger partial charge is 0.307 e. The SMILES string of the molecule is Cl.Cn1cncc1C1CC1C(=O)O. The molecule has 2 rings (SSSR count). The van der Waals surface area contributed by atoms with Crippen molar-refractivity contribution in [3.63, 3.8) is 0 Å². The van der Waals surface area contributed by atoms with Crippen LogP contribution < -0.4 is 0 Å². The summed E-state index contributed by atoms with van der Waals surface area (Å²) in [4.78, 5) is 14.5. The molecular formula is C8H11ClN2O2. The van der Waals surface area contributed by atoms with Gasteiger partial charge < -0.3 is 9.67 Å². The molecule has 1 aliphatic carbocycles. The molecule has 0 radical (unpaired) electrons.